The molecule has 3 N–H and O–H groups in total. The van der Waals surface area contributed by atoms with Crippen molar-refractivity contribution < 1.29 is 20.1 Å². The molecular formula is C13H12ClNO4. The number of hydrogen-bond acceptors (Lipinski definition) is 4. The molecule has 19 heavy (non-hydrogen) atoms. The number of carboxylic acid groups (broad SMARTS) is 1. The number of nitrogens with zero attached hydrogens (tertiary/aromatic N) is 1. The lowest BCUT2D eigenvalue weighted by Gasteiger charge is -2.16. The Morgan fingerprint density at radius 3 is 2.68 bits per heavy atom. The zero-order chi connectivity index (χ0) is 14.0. The molecule has 2 rings (SSSR count). The molecule has 0 amide bonds. The highest BCUT2D eigenvalue weighted by molar-refractivity contribution is 6.29. The maximum absolute atomic E-state index is 10.5. The minimum Gasteiger partial charge on any atom is -0.481 e. The maximum atomic E-state index is 10.5. The van der Waals surface area contributed by atoms with Crippen molar-refractivity contribution in [2.45, 2.75) is 18.6 Å². The molecule has 0 saturated heterocycles. The standard InChI is InChI=1S/C13H12ClNO4/c14-11-4-2-7-5-8(1-3-9(7)15-11)13(19)10(16)6-12(17)18/h1-5,10,13,16,19H,6H2,(H,17,18). The third kappa shape index (κ3) is 3.20. The summed E-state index contributed by atoms with van der Waals surface area (Å²) in [6.45, 7) is 0. The van der Waals surface area contributed by atoms with E-state index in [4.69, 9.17) is 16.7 Å². The number of rotatable bonds is 4. The molecular weight excluding hydrogens is 270 g/mol. The van der Waals surface area contributed by atoms with Crippen LogP contribution in [0.25, 0.3) is 10.9 Å². The van der Waals surface area contributed by atoms with Crippen molar-refractivity contribution in [2.75, 3.05) is 0 Å². The number of pyridine rings is 1. The van der Waals surface area contributed by atoms with Gasteiger partial charge in [0, 0.05) is 5.39 Å². The first-order valence-corrected chi connectivity index (χ1v) is 5.99. The zero-order valence-electron chi connectivity index (χ0n) is 9.82. The van der Waals surface area contributed by atoms with Gasteiger partial charge in [0.2, 0.25) is 0 Å². The van der Waals surface area contributed by atoms with Crippen LogP contribution in [0.1, 0.15) is 18.1 Å². The van der Waals surface area contributed by atoms with Gasteiger partial charge in [0.1, 0.15) is 11.3 Å². The molecule has 1 heterocycles. The molecule has 2 atom stereocenters. The van der Waals surface area contributed by atoms with E-state index in [0.717, 1.165) is 5.39 Å². The summed E-state index contributed by atoms with van der Waals surface area (Å²) in [5, 5.41) is 29.2. The summed E-state index contributed by atoms with van der Waals surface area (Å²) in [7, 11) is 0. The van der Waals surface area contributed by atoms with Gasteiger partial charge in [0.25, 0.3) is 0 Å². The summed E-state index contributed by atoms with van der Waals surface area (Å²) in [6, 6.07) is 8.25. The highest BCUT2D eigenvalue weighted by atomic mass is 35.5. The third-order valence-corrected chi connectivity index (χ3v) is 2.98. The molecule has 2 aromatic rings. The smallest absolute Gasteiger partial charge is 0.306 e. The van der Waals surface area contributed by atoms with Gasteiger partial charge in [-0.2, -0.15) is 0 Å². The number of halogens is 1. The summed E-state index contributed by atoms with van der Waals surface area (Å²) < 4.78 is 0. The molecule has 5 nitrogen and oxygen atoms in total. The number of aliphatic hydroxyl groups excluding tert-OH is 2. The van der Waals surface area contributed by atoms with Gasteiger partial charge in [-0.05, 0) is 29.8 Å². The fraction of sp³-hybridized carbons (Fsp3) is 0.231. The Balaban J connectivity index is 2.30. The predicted molar refractivity (Wildman–Crippen MR) is 70.0 cm³/mol. The van der Waals surface area contributed by atoms with Crippen molar-refractivity contribution in [2.24, 2.45) is 0 Å². The second kappa shape index (κ2) is 5.52. The second-order valence-corrected chi connectivity index (χ2v) is 4.58. The van der Waals surface area contributed by atoms with E-state index in [1.165, 1.54) is 0 Å². The van der Waals surface area contributed by atoms with E-state index in [1.54, 1.807) is 30.3 Å². The fourth-order valence-corrected chi connectivity index (χ4v) is 1.97. The average molecular weight is 282 g/mol. The monoisotopic (exact) mass is 281 g/mol. The van der Waals surface area contributed by atoms with E-state index in [0.29, 0.717) is 16.2 Å². The van der Waals surface area contributed by atoms with E-state index < -0.39 is 24.6 Å². The minimum absolute atomic E-state index is 0.367. The Morgan fingerprint density at radius 1 is 1.26 bits per heavy atom. The Labute approximate surface area is 114 Å². The van der Waals surface area contributed by atoms with Gasteiger partial charge in [0.05, 0.1) is 18.0 Å². The molecule has 6 heteroatoms. The maximum Gasteiger partial charge on any atom is 0.306 e. The van der Waals surface area contributed by atoms with Crippen LogP contribution in [-0.4, -0.2) is 32.4 Å². The lowest BCUT2D eigenvalue weighted by Crippen LogP contribution is -2.21. The van der Waals surface area contributed by atoms with Gasteiger partial charge < -0.3 is 15.3 Å². The number of aliphatic carboxylic acids is 1. The van der Waals surface area contributed by atoms with Crippen LogP contribution in [0, 0.1) is 0 Å². The van der Waals surface area contributed by atoms with Crippen LogP contribution in [-0.2, 0) is 4.79 Å². The fourth-order valence-electron chi connectivity index (χ4n) is 1.82. The van der Waals surface area contributed by atoms with Crippen molar-refractivity contribution >= 4 is 28.5 Å². The molecule has 0 saturated carbocycles. The minimum atomic E-state index is -1.35. The molecule has 0 aliphatic rings. The molecule has 0 spiro atoms. The Bertz CT molecular complexity index is 617. The third-order valence-electron chi connectivity index (χ3n) is 2.77. The van der Waals surface area contributed by atoms with Crippen LogP contribution in [0.5, 0.6) is 0 Å². The summed E-state index contributed by atoms with van der Waals surface area (Å²) in [5.41, 5.74) is 1.10. The van der Waals surface area contributed by atoms with Gasteiger partial charge in [-0.15, -0.1) is 0 Å². The molecule has 1 aromatic heterocycles. The van der Waals surface area contributed by atoms with Crippen LogP contribution in [0.3, 0.4) is 0 Å². The van der Waals surface area contributed by atoms with Crippen molar-refractivity contribution in [3.63, 3.8) is 0 Å². The average Bonchev–Trinajstić information content (AvgIpc) is 2.36. The molecule has 0 fully saturated rings. The van der Waals surface area contributed by atoms with Crippen molar-refractivity contribution in [3.05, 3.63) is 41.0 Å². The van der Waals surface area contributed by atoms with Crippen LogP contribution in [0.15, 0.2) is 30.3 Å². The molecule has 2 unspecified atom stereocenters. The van der Waals surface area contributed by atoms with Crippen LogP contribution in [0.4, 0.5) is 0 Å². The number of aromatic nitrogens is 1. The summed E-state index contributed by atoms with van der Waals surface area (Å²) in [4.78, 5) is 14.6. The normalized spacial score (nSPS) is 14.3. The highest BCUT2D eigenvalue weighted by Gasteiger charge is 2.21. The van der Waals surface area contributed by atoms with Gasteiger partial charge in [-0.1, -0.05) is 17.7 Å². The number of hydrogen-bond donors (Lipinski definition) is 3. The number of fused-ring (bicyclic) bond motifs is 1. The number of carbonyl (C=O) groups is 1. The molecule has 0 aliphatic heterocycles. The predicted octanol–water partition coefficient (Wildman–Crippen LogP) is 1.76. The molecule has 1 aromatic carbocycles. The molecule has 0 aliphatic carbocycles. The van der Waals surface area contributed by atoms with Crippen molar-refractivity contribution in [3.8, 4) is 0 Å². The van der Waals surface area contributed by atoms with E-state index >= 15 is 0 Å². The number of aliphatic hydroxyl groups is 2. The quantitative estimate of drug-likeness (QED) is 0.743. The van der Waals surface area contributed by atoms with E-state index in [1.807, 2.05) is 0 Å². The first kappa shape index (κ1) is 13.7. The molecule has 0 bridgehead atoms. The van der Waals surface area contributed by atoms with Crippen LogP contribution < -0.4 is 0 Å². The largest absolute Gasteiger partial charge is 0.481 e. The molecule has 100 valence electrons. The van der Waals surface area contributed by atoms with Gasteiger partial charge in [-0.25, -0.2) is 4.98 Å². The van der Waals surface area contributed by atoms with Crippen LogP contribution in [0.2, 0.25) is 5.15 Å². The number of carboxylic acids is 1. The highest BCUT2D eigenvalue weighted by Crippen LogP contribution is 2.24. The van der Waals surface area contributed by atoms with E-state index in [2.05, 4.69) is 4.98 Å². The van der Waals surface area contributed by atoms with E-state index in [9.17, 15) is 15.0 Å². The Kier molecular flexibility index (Phi) is 3.99. The topological polar surface area (TPSA) is 90.7 Å². The zero-order valence-corrected chi connectivity index (χ0v) is 10.6. The van der Waals surface area contributed by atoms with Gasteiger partial charge >= 0.3 is 5.97 Å². The van der Waals surface area contributed by atoms with Gasteiger partial charge in [-0.3, -0.25) is 4.79 Å². The summed E-state index contributed by atoms with van der Waals surface area (Å²) in [5.74, 6) is -1.17. The van der Waals surface area contributed by atoms with Gasteiger partial charge in [0.15, 0.2) is 0 Å². The first-order chi connectivity index (χ1) is 8.97. The lowest BCUT2D eigenvalue weighted by molar-refractivity contribution is -0.141. The number of benzene rings is 1. The summed E-state index contributed by atoms with van der Waals surface area (Å²) in [6.07, 6.45) is -3.12. The summed E-state index contributed by atoms with van der Waals surface area (Å²) >= 11 is 5.76. The lowest BCUT2D eigenvalue weighted by atomic mass is 10.0. The Hall–Kier alpha value is -1.69. The Morgan fingerprint density at radius 2 is 2.00 bits per heavy atom. The SMILES string of the molecule is O=C(O)CC(O)C(O)c1ccc2nc(Cl)ccc2c1. The first-order valence-electron chi connectivity index (χ1n) is 5.61. The van der Waals surface area contributed by atoms with E-state index in [-0.39, 0.29) is 0 Å². The van der Waals surface area contributed by atoms with Crippen molar-refractivity contribution in [1.82, 2.24) is 4.98 Å². The van der Waals surface area contributed by atoms with Crippen LogP contribution >= 0.6 is 11.6 Å². The molecule has 0 radical (unpaired) electrons. The van der Waals surface area contributed by atoms with Crippen molar-refractivity contribution in [1.29, 1.82) is 0 Å². The second-order valence-electron chi connectivity index (χ2n) is 4.20.